The Morgan fingerprint density at radius 3 is 2.74 bits per heavy atom. The van der Waals surface area contributed by atoms with Crippen LogP contribution in [0.25, 0.3) is 0 Å². The molecular weight excluding hydrogens is 240 g/mol. The number of benzene rings is 1. The van der Waals surface area contributed by atoms with E-state index < -0.39 is 0 Å². The Hall–Kier alpha value is -1.55. The van der Waals surface area contributed by atoms with Gasteiger partial charge >= 0.3 is 0 Å². The van der Waals surface area contributed by atoms with Crippen LogP contribution in [0.5, 0.6) is 5.75 Å². The molecule has 1 aromatic carbocycles. The average Bonchev–Trinajstić information content (AvgIpc) is 2.39. The summed E-state index contributed by atoms with van der Waals surface area (Å²) in [5.41, 5.74) is 2.34. The van der Waals surface area contributed by atoms with Crippen LogP contribution in [-0.2, 0) is 11.2 Å². The minimum atomic E-state index is 0.125. The molecule has 0 aliphatic carbocycles. The number of carbonyl (C=O) groups excluding carboxylic acids is 1. The SMILES string of the molecule is CNCCCC(=O)NCCc1ccc(OC)c(C)c1. The van der Waals surface area contributed by atoms with E-state index in [9.17, 15) is 4.79 Å². The van der Waals surface area contributed by atoms with Crippen LogP contribution >= 0.6 is 0 Å². The van der Waals surface area contributed by atoms with Crippen molar-refractivity contribution >= 4 is 5.91 Å². The van der Waals surface area contributed by atoms with Crippen LogP contribution in [0.3, 0.4) is 0 Å². The van der Waals surface area contributed by atoms with Crippen molar-refractivity contribution in [3.8, 4) is 5.75 Å². The van der Waals surface area contributed by atoms with Crippen LogP contribution in [-0.4, -0.2) is 33.2 Å². The van der Waals surface area contributed by atoms with E-state index in [2.05, 4.69) is 16.7 Å². The number of hydrogen-bond acceptors (Lipinski definition) is 3. The Morgan fingerprint density at radius 1 is 1.32 bits per heavy atom. The Balaban J connectivity index is 2.29. The summed E-state index contributed by atoms with van der Waals surface area (Å²) in [5.74, 6) is 1.03. The zero-order valence-corrected chi connectivity index (χ0v) is 12.1. The fourth-order valence-electron chi connectivity index (χ4n) is 1.96. The lowest BCUT2D eigenvalue weighted by molar-refractivity contribution is -0.121. The van der Waals surface area contributed by atoms with E-state index in [1.54, 1.807) is 7.11 Å². The molecule has 0 heterocycles. The predicted octanol–water partition coefficient (Wildman–Crippen LogP) is 1.66. The van der Waals surface area contributed by atoms with Gasteiger partial charge in [-0.3, -0.25) is 4.79 Å². The van der Waals surface area contributed by atoms with Crippen molar-refractivity contribution in [3.63, 3.8) is 0 Å². The Bertz CT molecular complexity index is 405. The summed E-state index contributed by atoms with van der Waals surface area (Å²) in [5, 5.41) is 5.97. The van der Waals surface area contributed by atoms with Gasteiger partial charge in [0.1, 0.15) is 5.75 Å². The van der Waals surface area contributed by atoms with Gasteiger partial charge < -0.3 is 15.4 Å². The zero-order valence-electron chi connectivity index (χ0n) is 12.1. The molecule has 1 rings (SSSR count). The number of aryl methyl sites for hydroxylation is 1. The molecule has 0 saturated carbocycles. The van der Waals surface area contributed by atoms with Crippen molar-refractivity contribution in [1.82, 2.24) is 10.6 Å². The number of carbonyl (C=O) groups is 1. The molecule has 0 atom stereocenters. The van der Waals surface area contributed by atoms with Crippen molar-refractivity contribution in [3.05, 3.63) is 29.3 Å². The van der Waals surface area contributed by atoms with E-state index in [-0.39, 0.29) is 5.91 Å². The molecule has 0 saturated heterocycles. The topological polar surface area (TPSA) is 50.4 Å². The first-order chi connectivity index (χ1) is 9.17. The summed E-state index contributed by atoms with van der Waals surface area (Å²) in [6.45, 7) is 3.59. The Labute approximate surface area is 115 Å². The second-order valence-electron chi connectivity index (χ2n) is 4.61. The highest BCUT2D eigenvalue weighted by Gasteiger charge is 2.02. The Morgan fingerprint density at radius 2 is 2.11 bits per heavy atom. The number of ether oxygens (including phenoxy) is 1. The number of methoxy groups -OCH3 is 1. The van der Waals surface area contributed by atoms with Gasteiger partial charge in [-0.2, -0.15) is 0 Å². The summed E-state index contributed by atoms with van der Waals surface area (Å²) in [6.07, 6.45) is 2.31. The van der Waals surface area contributed by atoms with Gasteiger partial charge in [-0.25, -0.2) is 0 Å². The highest BCUT2D eigenvalue weighted by molar-refractivity contribution is 5.75. The molecule has 0 aromatic heterocycles. The number of rotatable bonds is 8. The average molecular weight is 264 g/mol. The van der Waals surface area contributed by atoms with Gasteiger partial charge in [0.2, 0.25) is 5.91 Å². The molecule has 2 N–H and O–H groups in total. The van der Waals surface area contributed by atoms with Gasteiger partial charge in [-0.1, -0.05) is 12.1 Å². The van der Waals surface area contributed by atoms with Crippen LogP contribution < -0.4 is 15.4 Å². The van der Waals surface area contributed by atoms with Crippen molar-refractivity contribution in [1.29, 1.82) is 0 Å². The van der Waals surface area contributed by atoms with Crippen molar-refractivity contribution in [2.24, 2.45) is 0 Å². The highest BCUT2D eigenvalue weighted by atomic mass is 16.5. The quantitative estimate of drug-likeness (QED) is 0.702. The summed E-state index contributed by atoms with van der Waals surface area (Å²) in [6, 6.07) is 6.12. The van der Waals surface area contributed by atoms with Gasteiger partial charge in [0.15, 0.2) is 0 Å². The second kappa shape index (κ2) is 8.53. The largest absolute Gasteiger partial charge is 0.496 e. The molecule has 0 fully saturated rings. The third kappa shape index (κ3) is 5.75. The molecule has 4 nitrogen and oxygen atoms in total. The first-order valence-corrected chi connectivity index (χ1v) is 6.72. The molecule has 0 unspecified atom stereocenters. The van der Waals surface area contributed by atoms with E-state index in [0.717, 1.165) is 30.7 Å². The number of amides is 1. The molecule has 0 spiro atoms. The van der Waals surface area contributed by atoms with Gasteiger partial charge in [-0.05, 0) is 50.6 Å². The highest BCUT2D eigenvalue weighted by Crippen LogP contribution is 2.18. The third-order valence-electron chi connectivity index (χ3n) is 3.03. The fraction of sp³-hybridized carbons (Fsp3) is 0.533. The minimum absolute atomic E-state index is 0.125. The van der Waals surface area contributed by atoms with Crippen LogP contribution in [0.2, 0.25) is 0 Å². The molecule has 0 bridgehead atoms. The molecular formula is C15H24N2O2. The van der Waals surface area contributed by atoms with E-state index in [0.29, 0.717) is 13.0 Å². The number of nitrogens with one attached hydrogen (secondary N) is 2. The van der Waals surface area contributed by atoms with E-state index >= 15 is 0 Å². The molecule has 0 aliphatic heterocycles. The van der Waals surface area contributed by atoms with E-state index in [1.165, 1.54) is 5.56 Å². The Kier molecular flexibility index (Phi) is 6.97. The fourth-order valence-corrected chi connectivity index (χ4v) is 1.96. The maximum Gasteiger partial charge on any atom is 0.220 e. The van der Waals surface area contributed by atoms with Crippen LogP contribution in [0.1, 0.15) is 24.0 Å². The van der Waals surface area contributed by atoms with Crippen molar-refractivity contribution < 1.29 is 9.53 Å². The third-order valence-corrected chi connectivity index (χ3v) is 3.03. The predicted molar refractivity (Wildman–Crippen MR) is 77.6 cm³/mol. The van der Waals surface area contributed by atoms with Gasteiger partial charge in [0.05, 0.1) is 7.11 Å². The lowest BCUT2D eigenvalue weighted by Crippen LogP contribution is -2.26. The van der Waals surface area contributed by atoms with Crippen LogP contribution in [0.15, 0.2) is 18.2 Å². The van der Waals surface area contributed by atoms with Crippen molar-refractivity contribution in [2.75, 3.05) is 27.2 Å². The molecule has 4 heteroatoms. The summed E-state index contributed by atoms with van der Waals surface area (Å²) >= 11 is 0. The van der Waals surface area contributed by atoms with Gasteiger partial charge in [0.25, 0.3) is 0 Å². The standard InChI is InChI=1S/C15H24N2O2/c1-12-11-13(6-7-14(12)19-3)8-10-17-15(18)5-4-9-16-2/h6-7,11,16H,4-5,8-10H2,1-3H3,(H,17,18). The second-order valence-corrected chi connectivity index (χ2v) is 4.61. The molecule has 1 aromatic rings. The summed E-state index contributed by atoms with van der Waals surface area (Å²) < 4.78 is 5.22. The first-order valence-electron chi connectivity index (χ1n) is 6.72. The summed E-state index contributed by atoms with van der Waals surface area (Å²) in [7, 11) is 3.57. The number of hydrogen-bond donors (Lipinski definition) is 2. The lowest BCUT2D eigenvalue weighted by Gasteiger charge is -2.08. The van der Waals surface area contributed by atoms with Crippen LogP contribution in [0.4, 0.5) is 0 Å². The van der Waals surface area contributed by atoms with E-state index in [4.69, 9.17) is 4.74 Å². The maximum absolute atomic E-state index is 11.5. The van der Waals surface area contributed by atoms with Gasteiger partial charge in [0, 0.05) is 13.0 Å². The van der Waals surface area contributed by atoms with E-state index in [1.807, 2.05) is 26.1 Å². The zero-order chi connectivity index (χ0) is 14.1. The monoisotopic (exact) mass is 264 g/mol. The molecule has 0 radical (unpaired) electrons. The van der Waals surface area contributed by atoms with Crippen LogP contribution in [0, 0.1) is 6.92 Å². The molecule has 106 valence electrons. The molecule has 1 amide bonds. The minimum Gasteiger partial charge on any atom is -0.496 e. The van der Waals surface area contributed by atoms with Crippen molar-refractivity contribution in [2.45, 2.75) is 26.2 Å². The lowest BCUT2D eigenvalue weighted by atomic mass is 10.1. The molecule has 0 aliphatic rings. The normalized spacial score (nSPS) is 10.3. The smallest absolute Gasteiger partial charge is 0.220 e. The summed E-state index contributed by atoms with van der Waals surface area (Å²) in [4.78, 5) is 11.5. The maximum atomic E-state index is 11.5. The first kappa shape index (κ1) is 15.5. The molecule has 19 heavy (non-hydrogen) atoms. The van der Waals surface area contributed by atoms with Gasteiger partial charge in [-0.15, -0.1) is 0 Å².